The average Bonchev–Trinajstić information content (AvgIpc) is 2.94. The molecule has 10 heteroatoms. The maximum absolute atomic E-state index is 14.2. The van der Waals surface area contributed by atoms with Crippen molar-refractivity contribution in [1.29, 1.82) is 0 Å². The lowest BCUT2D eigenvalue weighted by molar-refractivity contribution is -0.140. The summed E-state index contributed by atoms with van der Waals surface area (Å²) in [6.45, 7) is 10.9. The molecule has 226 valence electrons. The predicted molar refractivity (Wildman–Crippen MR) is 169 cm³/mol. The van der Waals surface area contributed by atoms with Crippen molar-refractivity contribution in [3.8, 4) is 5.75 Å². The first-order valence-electron chi connectivity index (χ1n) is 13.8. The van der Waals surface area contributed by atoms with E-state index >= 15 is 0 Å². The molecule has 0 aromatic heterocycles. The average molecular weight is 612 g/mol. The van der Waals surface area contributed by atoms with Gasteiger partial charge in [-0.25, -0.2) is 8.42 Å². The van der Waals surface area contributed by atoms with Crippen molar-refractivity contribution >= 4 is 39.3 Å². The molecule has 0 fully saturated rings. The Morgan fingerprint density at radius 1 is 0.976 bits per heavy atom. The van der Waals surface area contributed by atoms with Crippen LogP contribution < -0.4 is 14.4 Å². The van der Waals surface area contributed by atoms with Crippen LogP contribution in [0.3, 0.4) is 0 Å². The van der Waals surface area contributed by atoms with Crippen molar-refractivity contribution in [2.75, 3.05) is 23.7 Å². The minimum absolute atomic E-state index is 0.0448. The molecule has 0 saturated carbocycles. The van der Waals surface area contributed by atoms with E-state index < -0.39 is 34.1 Å². The van der Waals surface area contributed by atoms with Gasteiger partial charge >= 0.3 is 0 Å². The maximum Gasteiger partial charge on any atom is 0.264 e. The first kappa shape index (κ1) is 33.0. The van der Waals surface area contributed by atoms with Crippen molar-refractivity contribution in [3.05, 3.63) is 83.9 Å². The number of anilines is 1. The summed E-state index contributed by atoms with van der Waals surface area (Å²) in [5, 5.41) is 2.95. The molecular formula is C32H41N3O5S2. The topological polar surface area (TPSA) is 96.0 Å². The lowest BCUT2D eigenvalue weighted by atomic mass is 10.1. The van der Waals surface area contributed by atoms with Gasteiger partial charge in [-0.05, 0) is 95.3 Å². The van der Waals surface area contributed by atoms with Gasteiger partial charge in [0.25, 0.3) is 10.0 Å². The summed E-state index contributed by atoms with van der Waals surface area (Å²) >= 11 is 1.50. The molecule has 8 nitrogen and oxygen atoms in total. The fraction of sp³-hybridized carbons (Fsp3) is 0.375. The van der Waals surface area contributed by atoms with Gasteiger partial charge in [0.15, 0.2) is 0 Å². The highest BCUT2D eigenvalue weighted by atomic mass is 32.2. The zero-order chi connectivity index (χ0) is 31.1. The molecule has 0 spiro atoms. The van der Waals surface area contributed by atoms with Gasteiger partial charge < -0.3 is 15.0 Å². The van der Waals surface area contributed by atoms with E-state index in [0.717, 1.165) is 20.3 Å². The third-order valence-corrected chi connectivity index (χ3v) is 9.15. The van der Waals surface area contributed by atoms with Gasteiger partial charge in [-0.15, -0.1) is 11.8 Å². The third kappa shape index (κ3) is 8.29. The number of sulfonamides is 1. The van der Waals surface area contributed by atoms with Crippen molar-refractivity contribution < 1.29 is 22.7 Å². The monoisotopic (exact) mass is 611 g/mol. The number of ether oxygens (including phenoxy) is 1. The van der Waals surface area contributed by atoms with E-state index in [9.17, 15) is 18.0 Å². The Hall–Kier alpha value is -3.50. The Morgan fingerprint density at radius 3 is 2.19 bits per heavy atom. The molecule has 2 amide bonds. The van der Waals surface area contributed by atoms with Gasteiger partial charge in [-0.1, -0.05) is 36.4 Å². The number of nitrogens with zero attached hydrogens (tertiary/aromatic N) is 2. The summed E-state index contributed by atoms with van der Waals surface area (Å²) in [5.74, 6) is -0.521. The maximum atomic E-state index is 14.2. The molecule has 0 heterocycles. The highest BCUT2D eigenvalue weighted by molar-refractivity contribution is 7.98. The fourth-order valence-electron chi connectivity index (χ4n) is 4.36. The van der Waals surface area contributed by atoms with Crippen LogP contribution in [0.2, 0.25) is 0 Å². The van der Waals surface area contributed by atoms with Gasteiger partial charge in [0.05, 0.1) is 17.2 Å². The van der Waals surface area contributed by atoms with Crippen LogP contribution in [0.25, 0.3) is 0 Å². The summed E-state index contributed by atoms with van der Waals surface area (Å²) < 4.78 is 35.2. The number of carbonyl (C=O) groups excluding carboxylic acids is 2. The third-order valence-electron chi connectivity index (χ3n) is 6.63. The molecule has 3 aromatic carbocycles. The molecule has 0 aliphatic carbocycles. The van der Waals surface area contributed by atoms with Crippen LogP contribution in [0.5, 0.6) is 5.75 Å². The summed E-state index contributed by atoms with van der Waals surface area (Å²) in [7, 11) is -4.21. The molecule has 0 unspecified atom stereocenters. The minimum atomic E-state index is -4.21. The normalized spacial score (nSPS) is 12.4. The Morgan fingerprint density at radius 2 is 1.60 bits per heavy atom. The number of amides is 2. The van der Waals surface area contributed by atoms with E-state index in [1.54, 1.807) is 50.2 Å². The second-order valence-corrected chi connectivity index (χ2v) is 13.7. The Kier molecular flexibility index (Phi) is 11.1. The molecule has 3 rings (SSSR count). The zero-order valence-corrected chi connectivity index (χ0v) is 27.0. The highest BCUT2D eigenvalue weighted by Crippen LogP contribution is 2.33. The van der Waals surface area contributed by atoms with Crippen molar-refractivity contribution in [3.63, 3.8) is 0 Å². The fourth-order valence-corrected chi connectivity index (χ4v) is 6.19. The van der Waals surface area contributed by atoms with Gasteiger partial charge in [-0.3, -0.25) is 13.9 Å². The number of aryl methyl sites for hydroxylation is 1. The van der Waals surface area contributed by atoms with Crippen molar-refractivity contribution in [2.24, 2.45) is 0 Å². The lowest BCUT2D eigenvalue weighted by Crippen LogP contribution is -2.54. The molecule has 3 aromatic rings. The molecule has 42 heavy (non-hydrogen) atoms. The molecule has 1 atom stereocenters. The SMILES string of the molecule is CCOc1ccccc1N(CC(=O)N(Cc1ccccc1C)[C@H](C)C(=O)NC(C)(C)C)S(=O)(=O)c1ccc(SC)cc1. The first-order valence-corrected chi connectivity index (χ1v) is 16.5. The Balaban J connectivity index is 2.10. The number of para-hydroxylation sites is 2. The van der Waals surface area contributed by atoms with Crippen LogP contribution in [0.4, 0.5) is 5.69 Å². The van der Waals surface area contributed by atoms with E-state index in [2.05, 4.69) is 5.32 Å². The van der Waals surface area contributed by atoms with Gasteiger partial charge in [0, 0.05) is 17.0 Å². The molecule has 0 radical (unpaired) electrons. The van der Waals surface area contributed by atoms with E-state index in [4.69, 9.17) is 4.74 Å². The van der Waals surface area contributed by atoms with Gasteiger partial charge in [-0.2, -0.15) is 0 Å². The van der Waals surface area contributed by atoms with Gasteiger partial charge in [0.2, 0.25) is 11.8 Å². The van der Waals surface area contributed by atoms with E-state index in [-0.39, 0.29) is 23.0 Å². The number of hydrogen-bond donors (Lipinski definition) is 1. The molecule has 0 saturated heterocycles. The number of hydrogen-bond acceptors (Lipinski definition) is 6. The lowest BCUT2D eigenvalue weighted by Gasteiger charge is -2.34. The number of thioether (sulfide) groups is 1. The van der Waals surface area contributed by atoms with Crippen molar-refractivity contribution in [1.82, 2.24) is 10.2 Å². The summed E-state index contributed by atoms with van der Waals surface area (Å²) in [6, 6.07) is 20.0. The van der Waals surface area contributed by atoms with Crippen LogP contribution in [0.15, 0.2) is 82.6 Å². The van der Waals surface area contributed by atoms with E-state index in [0.29, 0.717) is 12.4 Å². The molecule has 0 aliphatic rings. The first-order chi connectivity index (χ1) is 19.8. The van der Waals surface area contributed by atoms with Crippen LogP contribution in [0.1, 0.15) is 45.7 Å². The van der Waals surface area contributed by atoms with Crippen LogP contribution >= 0.6 is 11.8 Å². The number of benzene rings is 3. The van der Waals surface area contributed by atoms with E-state index in [1.165, 1.54) is 28.8 Å². The molecule has 0 aliphatic heterocycles. The second-order valence-electron chi connectivity index (χ2n) is 11.0. The molecular weight excluding hydrogens is 571 g/mol. The smallest absolute Gasteiger partial charge is 0.264 e. The predicted octanol–water partition coefficient (Wildman–Crippen LogP) is 5.64. The Labute approximate surface area is 254 Å². The summed E-state index contributed by atoms with van der Waals surface area (Å²) in [6.07, 6.45) is 1.91. The van der Waals surface area contributed by atoms with E-state index in [1.807, 2.05) is 58.2 Å². The van der Waals surface area contributed by atoms with Crippen molar-refractivity contribution in [2.45, 2.75) is 69.5 Å². The molecule has 1 N–H and O–H groups in total. The Bertz CT molecular complexity index is 1480. The second kappa shape index (κ2) is 14.1. The van der Waals surface area contributed by atoms with Crippen LogP contribution in [-0.2, 0) is 26.2 Å². The number of nitrogens with one attached hydrogen (secondary N) is 1. The summed E-state index contributed by atoms with van der Waals surface area (Å²) in [5.41, 5.74) is 1.54. The molecule has 0 bridgehead atoms. The largest absolute Gasteiger partial charge is 0.492 e. The standard InChI is InChI=1S/C32H41N3O5S2/c1-8-40-29-16-12-11-15-28(29)35(42(38,39)27-19-17-26(41-7)18-20-27)22-30(36)34(21-25-14-10-9-13-23(25)2)24(3)31(37)33-32(4,5)6/h9-20,24H,8,21-22H2,1-7H3,(H,33,37)/t24-/m1/s1. The highest BCUT2D eigenvalue weighted by Gasteiger charge is 2.34. The number of carbonyl (C=O) groups is 2. The van der Waals surface area contributed by atoms with Crippen LogP contribution in [0, 0.1) is 6.92 Å². The zero-order valence-electron chi connectivity index (χ0n) is 25.4. The summed E-state index contributed by atoms with van der Waals surface area (Å²) in [4.78, 5) is 29.9. The number of rotatable bonds is 12. The minimum Gasteiger partial charge on any atom is -0.492 e. The van der Waals surface area contributed by atoms with Crippen LogP contribution in [-0.4, -0.2) is 56.1 Å². The van der Waals surface area contributed by atoms with Gasteiger partial charge in [0.1, 0.15) is 18.3 Å². The quantitative estimate of drug-likeness (QED) is 0.266.